The smallest absolute Gasteiger partial charge is 0.269 e. The van der Waals surface area contributed by atoms with Crippen molar-refractivity contribution in [2.24, 2.45) is 5.10 Å². The molecule has 0 aliphatic carbocycles. The molecule has 0 bridgehead atoms. The van der Waals surface area contributed by atoms with Gasteiger partial charge in [0, 0.05) is 24.5 Å². The van der Waals surface area contributed by atoms with Crippen LogP contribution in [0.15, 0.2) is 53.9 Å². The normalized spacial score (nSPS) is 10.5. The zero-order valence-corrected chi connectivity index (χ0v) is 11.0. The molecule has 0 atom stereocenters. The second kappa shape index (κ2) is 6.90. The molecular weight excluding hydrogens is 272 g/mol. The molecule has 2 aromatic rings. The van der Waals surface area contributed by atoms with Crippen LogP contribution < -0.4 is 5.43 Å². The van der Waals surface area contributed by atoms with Gasteiger partial charge in [0.15, 0.2) is 0 Å². The molecule has 106 valence electrons. The molecular formula is C14H12N4O3. The van der Waals surface area contributed by atoms with Crippen LogP contribution in [0.3, 0.4) is 0 Å². The number of nitrogens with one attached hydrogen (secondary N) is 1. The third kappa shape index (κ3) is 4.50. The van der Waals surface area contributed by atoms with Crippen molar-refractivity contribution in [1.29, 1.82) is 0 Å². The Hall–Kier alpha value is -3.09. The van der Waals surface area contributed by atoms with Crippen molar-refractivity contribution < 1.29 is 9.72 Å². The average molecular weight is 284 g/mol. The third-order valence-corrected chi connectivity index (χ3v) is 2.59. The lowest BCUT2D eigenvalue weighted by atomic mass is 10.2. The number of non-ortho nitro benzene ring substituents is 1. The van der Waals surface area contributed by atoms with Crippen LogP contribution in [-0.4, -0.2) is 22.0 Å². The first-order chi connectivity index (χ1) is 10.1. The molecule has 21 heavy (non-hydrogen) atoms. The van der Waals surface area contributed by atoms with E-state index >= 15 is 0 Å². The van der Waals surface area contributed by atoms with E-state index in [1.54, 1.807) is 36.7 Å². The number of nitro groups is 1. The highest BCUT2D eigenvalue weighted by molar-refractivity contribution is 5.83. The SMILES string of the molecule is O=C(Cc1cccnc1)N/N=C\c1ccc([N+](=O)[O-])cc1. The highest BCUT2D eigenvalue weighted by atomic mass is 16.6. The van der Waals surface area contributed by atoms with Gasteiger partial charge in [0.25, 0.3) is 5.69 Å². The minimum atomic E-state index is -0.476. The molecule has 0 unspecified atom stereocenters. The maximum absolute atomic E-state index is 11.6. The van der Waals surface area contributed by atoms with Gasteiger partial charge in [0.2, 0.25) is 5.91 Å². The molecule has 1 amide bonds. The van der Waals surface area contributed by atoms with Crippen LogP contribution in [0.4, 0.5) is 5.69 Å². The van der Waals surface area contributed by atoms with E-state index in [1.165, 1.54) is 18.3 Å². The molecule has 1 aromatic carbocycles. The van der Waals surface area contributed by atoms with Crippen LogP contribution in [0.5, 0.6) is 0 Å². The van der Waals surface area contributed by atoms with Gasteiger partial charge in [-0.2, -0.15) is 5.10 Å². The number of carbonyl (C=O) groups excluding carboxylic acids is 1. The number of rotatable bonds is 5. The summed E-state index contributed by atoms with van der Waals surface area (Å²) in [5.41, 5.74) is 3.84. The standard InChI is InChI=1S/C14H12N4O3/c19-14(8-12-2-1-7-15-9-12)17-16-10-11-3-5-13(6-4-11)18(20)21/h1-7,9-10H,8H2,(H,17,19)/b16-10-. The first-order valence-electron chi connectivity index (χ1n) is 6.10. The van der Waals surface area contributed by atoms with E-state index in [2.05, 4.69) is 15.5 Å². The molecule has 1 heterocycles. The minimum Gasteiger partial charge on any atom is -0.273 e. The number of benzene rings is 1. The Balaban J connectivity index is 1.87. The maximum Gasteiger partial charge on any atom is 0.269 e. The lowest BCUT2D eigenvalue weighted by molar-refractivity contribution is -0.384. The predicted molar refractivity (Wildman–Crippen MR) is 76.8 cm³/mol. The summed E-state index contributed by atoms with van der Waals surface area (Å²) in [6.07, 6.45) is 4.85. The van der Waals surface area contributed by atoms with Crippen LogP contribution >= 0.6 is 0 Å². The molecule has 0 saturated heterocycles. The maximum atomic E-state index is 11.6. The van der Waals surface area contributed by atoms with E-state index in [4.69, 9.17) is 0 Å². The molecule has 0 fully saturated rings. The summed E-state index contributed by atoms with van der Waals surface area (Å²) in [4.78, 5) is 25.5. The van der Waals surface area contributed by atoms with E-state index in [-0.39, 0.29) is 18.0 Å². The summed E-state index contributed by atoms with van der Waals surface area (Å²) in [6.45, 7) is 0. The van der Waals surface area contributed by atoms with E-state index in [1.807, 2.05) is 0 Å². The van der Waals surface area contributed by atoms with Gasteiger partial charge < -0.3 is 0 Å². The lowest BCUT2D eigenvalue weighted by Crippen LogP contribution is -2.19. The number of hydrazone groups is 1. The molecule has 0 radical (unpaired) electrons. The summed E-state index contributed by atoms with van der Waals surface area (Å²) in [7, 11) is 0. The Kier molecular flexibility index (Phi) is 4.70. The van der Waals surface area contributed by atoms with Crippen molar-refractivity contribution in [3.8, 4) is 0 Å². The van der Waals surface area contributed by atoms with Gasteiger partial charge in [-0.05, 0) is 29.3 Å². The van der Waals surface area contributed by atoms with Crippen molar-refractivity contribution in [1.82, 2.24) is 10.4 Å². The van der Waals surface area contributed by atoms with E-state index in [0.29, 0.717) is 5.56 Å². The second-order valence-electron chi connectivity index (χ2n) is 4.18. The molecule has 0 aliphatic heterocycles. The van der Waals surface area contributed by atoms with Gasteiger partial charge in [-0.15, -0.1) is 0 Å². The van der Waals surface area contributed by atoms with Crippen molar-refractivity contribution in [2.75, 3.05) is 0 Å². The Labute approximate surface area is 120 Å². The molecule has 2 rings (SSSR count). The summed E-state index contributed by atoms with van der Waals surface area (Å²) in [5.74, 6) is -0.263. The first-order valence-corrected chi connectivity index (χ1v) is 6.10. The van der Waals surface area contributed by atoms with Gasteiger partial charge >= 0.3 is 0 Å². The number of hydrogen-bond acceptors (Lipinski definition) is 5. The van der Waals surface area contributed by atoms with E-state index in [9.17, 15) is 14.9 Å². The van der Waals surface area contributed by atoms with Gasteiger partial charge in [-0.1, -0.05) is 6.07 Å². The van der Waals surface area contributed by atoms with Crippen molar-refractivity contribution in [3.63, 3.8) is 0 Å². The lowest BCUT2D eigenvalue weighted by Gasteiger charge is -1.99. The molecule has 7 nitrogen and oxygen atoms in total. The number of hydrogen-bond donors (Lipinski definition) is 1. The largest absolute Gasteiger partial charge is 0.273 e. The third-order valence-electron chi connectivity index (χ3n) is 2.59. The second-order valence-corrected chi connectivity index (χ2v) is 4.18. The Bertz CT molecular complexity index is 654. The zero-order valence-electron chi connectivity index (χ0n) is 11.0. The Morgan fingerprint density at radius 3 is 2.71 bits per heavy atom. The fourth-order valence-corrected chi connectivity index (χ4v) is 1.59. The number of carbonyl (C=O) groups is 1. The highest BCUT2D eigenvalue weighted by Gasteiger charge is 2.03. The predicted octanol–water partition coefficient (Wildman–Crippen LogP) is 1.68. The number of aromatic nitrogens is 1. The molecule has 1 aromatic heterocycles. The Morgan fingerprint density at radius 1 is 1.33 bits per heavy atom. The average Bonchev–Trinajstić information content (AvgIpc) is 2.49. The highest BCUT2D eigenvalue weighted by Crippen LogP contribution is 2.10. The first kappa shape index (κ1) is 14.3. The molecule has 0 aliphatic rings. The summed E-state index contributed by atoms with van der Waals surface area (Å²) in [6, 6.07) is 9.40. The fraction of sp³-hybridized carbons (Fsp3) is 0.0714. The summed E-state index contributed by atoms with van der Waals surface area (Å²) < 4.78 is 0. The van der Waals surface area contributed by atoms with Crippen LogP contribution in [0.25, 0.3) is 0 Å². The van der Waals surface area contributed by atoms with E-state index in [0.717, 1.165) is 5.56 Å². The van der Waals surface area contributed by atoms with Crippen LogP contribution in [0.2, 0.25) is 0 Å². The van der Waals surface area contributed by atoms with Gasteiger partial charge in [0.1, 0.15) is 0 Å². The molecule has 1 N–H and O–H groups in total. The zero-order chi connectivity index (χ0) is 15.1. The van der Waals surface area contributed by atoms with Gasteiger partial charge in [-0.25, -0.2) is 5.43 Å². The monoisotopic (exact) mass is 284 g/mol. The number of nitro benzene ring substituents is 1. The van der Waals surface area contributed by atoms with Crippen LogP contribution in [0, 0.1) is 10.1 Å². The fourth-order valence-electron chi connectivity index (χ4n) is 1.59. The van der Waals surface area contributed by atoms with Crippen LogP contribution in [0.1, 0.15) is 11.1 Å². The van der Waals surface area contributed by atoms with Crippen molar-refractivity contribution >= 4 is 17.8 Å². The number of amides is 1. The number of nitrogens with zero attached hydrogens (tertiary/aromatic N) is 3. The van der Waals surface area contributed by atoms with Crippen molar-refractivity contribution in [3.05, 3.63) is 70.0 Å². The topological polar surface area (TPSA) is 97.5 Å². The van der Waals surface area contributed by atoms with Gasteiger partial charge in [-0.3, -0.25) is 19.9 Å². The van der Waals surface area contributed by atoms with E-state index < -0.39 is 4.92 Å². The summed E-state index contributed by atoms with van der Waals surface area (Å²) in [5, 5.41) is 14.3. The molecule has 0 spiro atoms. The molecule has 7 heteroatoms. The van der Waals surface area contributed by atoms with Crippen LogP contribution in [-0.2, 0) is 11.2 Å². The van der Waals surface area contributed by atoms with Gasteiger partial charge in [0.05, 0.1) is 17.6 Å². The minimum absolute atomic E-state index is 0.00719. The molecule has 0 saturated carbocycles. The van der Waals surface area contributed by atoms with Crippen molar-refractivity contribution in [2.45, 2.75) is 6.42 Å². The number of pyridine rings is 1. The summed E-state index contributed by atoms with van der Waals surface area (Å²) >= 11 is 0. The Morgan fingerprint density at radius 2 is 2.10 bits per heavy atom. The quantitative estimate of drug-likeness (QED) is 0.513.